The molecule has 2 aromatic rings. The molecule has 2 aromatic carbocycles. The van der Waals surface area contributed by atoms with Gasteiger partial charge in [-0.15, -0.1) is 0 Å². The maximum Gasteiger partial charge on any atom is 0.255 e. The van der Waals surface area contributed by atoms with Gasteiger partial charge in [0.05, 0.1) is 6.04 Å². The molecule has 0 spiro atoms. The summed E-state index contributed by atoms with van der Waals surface area (Å²) in [6, 6.07) is 13.7. The summed E-state index contributed by atoms with van der Waals surface area (Å²) < 4.78 is 5.17. The maximum absolute atomic E-state index is 12.4. The van der Waals surface area contributed by atoms with Gasteiger partial charge in [-0.25, -0.2) is 0 Å². The predicted octanol–water partition coefficient (Wildman–Crippen LogP) is 2.39. The van der Waals surface area contributed by atoms with Crippen LogP contribution in [-0.2, 0) is 9.59 Å². The van der Waals surface area contributed by atoms with Crippen molar-refractivity contribution in [3.63, 3.8) is 0 Å². The number of anilines is 1. The second-order valence-electron chi connectivity index (χ2n) is 6.86. The number of benzene rings is 2. The Morgan fingerprint density at radius 3 is 2.29 bits per heavy atom. The third kappa shape index (κ3) is 5.33. The Bertz CT molecular complexity index is 858. The molecule has 7 heteroatoms. The summed E-state index contributed by atoms with van der Waals surface area (Å²) in [6.45, 7) is 1.68. The third-order valence-electron chi connectivity index (χ3n) is 4.47. The first-order valence-electron chi connectivity index (χ1n) is 9.15. The number of hydrogen-bond acceptors (Lipinski definition) is 4. The number of ether oxygens (including phenoxy) is 1. The normalized spacial score (nSPS) is 14.0. The molecular weight excluding hydrogens is 358 g/mol. The van der Waals surface area contributed by atoms with Gasteiger partial charge in [0.2, 0.25) is 5.91 Å². The maximum atomic E-state index is 12.4. The molecule has 1 aliphatic carbocycles. The fourth-order valence-corrected chi connectivity index (χ4v) is 2.67. The minimum atomic E-state index is -0.561. The van der Waals surface area contributed by atoms with Crippen LogP contribution in [0, 0.1) is 5.92 Å². The molecule has 1 saturated carbocycles. The molecule has 0 aliphatic heterocycles. The van der Waals surface area contributed by atoms with Crippen LogP contribution in [0.4, 0.5) is 5.69 Å². The summed E-state index contributed by atoms with van der Waals surface area (Å²) in [4.78, 5) is 34.9. The zero-order valence-electron chi connectivity index (χ0n) is 15.6. The molecule has 0 saturated heterocycles. The fourth-order valence-electron chi connectivity index (χ4n) is 2.67. The van der Waals surface area contributed by atoms with Crippen LogP contribution in [0.2, 0.25) is 0 Å². The van der Waals surface area contributed by atoms with Crippen LogP contribution in [0.25, 0.3) is 0 Å². The van der Waals surface area contributed by atoms with Crippen molar-refractivity contribution in [1.29, 1.82) is 0 Å². The molecule has 0 aromatic heterocycles. The van der Waals surface area contributed by atoms with Crippen LogP contribution in [-0.4, -0.2) is 24.3 Å². The van der Waals surface area contributed by atoms with E-state index in [1.165, 1.54) is 0 Å². The summed E-state index contributed by atoms with van der Waals surface area (Å²) in [6.07, 6.45) is 1.93. The van der Waals surface area contributed by atoms with Gasteiger partial charge in [-0.1, -0.05) is 12.1 Å². The summed E-state index contributed by atoms with van der Waals surface area (Å²) in [7, 11) is 0. The summed E-state index contributed by atoms with van der Waals surface area (Å²) in [5.74, 6) is -0.0936. The number of carbonyl (C=O) groups excluding carboxylic acids is 3. The minimum absolute atomic E-state index is 0.0670. The highest BCUT2D eigenvalue weighted by Crippen LogP contribution is 2.30. The predicted molar refractivity (Wildman–Crippen MR) is 105 cm³/mol. The van der Waals surface area contributed by atoms with Crippen molar-refractivity contribution in [3.8, 4) is 5.75 Å². The molecule has 146 valence electrons. The Labute approximate surface area is 163 Å². The van der Waals surface area contributed by atoms with Crippen molar-refractivity contribution in [2.24, 2.45) is 11.7 Å². The monoisotopic (exact) mass is 381 g/mol. The highest BCUT2D eigenvalue weighted by Gasteiger charge is 2.29. The van der Waals surface area contributed by atoms with Crippen molar-refractivity contribution in [3.05, 3.63) is 59.7 Å². The van der Waals surface area contributed by atoms with Crippen molar-refractivity contribution in [2.75, 3.05) is 11.9 Å². The van der Waals surface area contributed by atoms with Crippen LogP contribution in [0.1, 0.15) is 41.7 Å². The lowest BCUT2D eigenvalue weighted by Gasteiger charge is -2.15. The SMILES string of the molecule is CC(NC(=O)c1ccc(OCC(N)=O)cc1)c1ccc(NC(=O)C2CC2)cc1. The largest absolute Gasteiger partial charge is 0.484 e. The van der Waals surface area contributed by atoms with Crippen LogP contribution >= 0.6 is 0 Å². The van der Waals surface area contributed by atoms with Gasteiger partial charge < -0.3 is 21.1 Å². The Balaban J connectivity index is 1.54. The number of nitrogens with two attached hydrogens (primary N) is 1. The average molecular weight is 381 g/mol. The zero-order valence-corrected chi connectivity index (χ0v) is 15.6. The van der Waals surface area contributed by atoms with Gasteiger partial charge >= 0.3 is 0 Å². The Morgan fingerprint density at radius 2 is 1.71 bits per heavy atom. The molecule has 1 aliphatic rings. The van der Waals surface area contributed by atoms with E-state index in [-0.39, 0.29) is 30.4 Å². The topological polar surface area (TPSA) is 111 Å². The first-order chi connectivity index (χ1) is 13.4. The molecule has 0 bridgehead atoms. The third-order valence-corrected chi connectivity index (χ3v) is 4.47. The van der Waals surface area contributed by atoms with E-state index in [1.54, 1.807) is 24.3 Å². The van der Waals surface area contributed by atoms with Crippen LogP contribution in [0.3, 0.4) is 0 Å². The highest BCUT2D eigenvalue weighted by atomic mass is 16.5. The van der Waals surface area contributed by atoms with Gasteiger partial charge in [0.25, 0.3) is 11.8 Å². The summed E-state index contributed by atoms with van der Waals surface area (Å²) in [5, 5.41) is 5.82. The molecule has 28 heavy (non-hydrogen) atoms. The Morgan fingerprint density at radius 1 is 1.07 bits per heavy atom. The van der Waals surface area contributed by atoms with Crippen molar-refractivity contribution >= 4 is 23.4 Å². The molecule has 3 amide bonds. The lowest BCUT2D eigenvalue weighted by Crippen LogP contribution is -2.26. The van der Waals surface area contributed by atoms with E-state index >= 15 is 0 Å². The van der Waals surface area contributed by atoms with Crippen LogP contribution in [0.15, 0.2) is 48.5 Å². The number of rotatable bonds is 8. The van der Waals surface area contributed by atoms with Gasteiger partial charge in [0.1, 0.15) is 5.75 Å². The Kier molecular flexibility index (Phi) is 5.93. The van der Waals surface area contributed by atoms with Gasteiger partial charge in [0.15, 0.2) is 6.61 Å². The molecule has 4 N–H and O–H groups in total. The lowest BCUT2D eigenvalue weighted by molar-refractivity contribution is -0.120. The molecule has 7 nitrogen and oxygen atoms in total. The number of nitrogens with one attached hydrogen (secondary N) is 2. The van der Waals surface area contributed by atoms with E-state index in [1.807, 2.05) is 31.2 Å². The summed E-state index contributed by atoms with van der Waals surface area (Å²) in [5.41, 5.74) is 7.19. The molecule has 0 heterocycles. The first kappa shape index (κ1) is 19.4. The standard InChI is InChI=1S/C21H23N3O4/c1-13(14-4-8-17(9-5-14)24-21(27)15-2-3-15)23-20(26)16-6-10-18(11-7-16)28-12-19(22)25/h4-11,13,15H,2-3,12H2,1H3,(H2,22,25)(H,23,26)(H,24,27). The second-order valence-corrected chi connectivity index (χ2v) is 6.86. The fraction of sp³-hybridized carbons (Fsp3) is 0.286. The molecule has 1 fully saturated rings. The molecule has 0 radical (unpaired) electrons. The number of hydrogen-bond donors (Lipinski definition) is 3. The van der Waals surface area contributed by atoms with Crippen LogP contribution in [0.5, 0.6) is 5.75 Å². The van der Waals surface area contributed by atoms with E-state index in [9.17, 15) is 14.4 Å². The molecule has 1 unspecified atom stereocenters. The first-order valence-corrected chi connectivity index (χ1v) is 9.15. The van der Waals surface area contributed by atoms with E-state index in [0.29, 0.717) is 11.3 Å². The molecule has 1 atom stereocenters. The van der Waals surface area contributed by atoms with Gasteiger partial charge in [-0.2, -0.15) is 0 Å². The molecular formula is C21H23N3O4. The summed E-state index contributed by atoms with van der Waals surface area (Å²) >= 11 is 0. The zero-order chi connectivity index (χ0) is 20.1. The van der Waals surface area contributed by atoms with Crippen molar-refractivity contribution < 1.29 is 19.1 Å². The smallest absolute Gasteiger partial charge is 0.255 e. The van der Waals surface area contributed by atoms with Crippen LogP contribution < -0.4 is 21.1 Å². The van der Waals surface area contributed by atoms with E-state index in [4.69, 9.17) is 10.5 Å². The average Bonchev–Trinajstić information content (AvgIpc) is 3.52. The van der Waals surface area contributed by atoms with Gasteiger partial charge in [-0.05, 0) is 61.7 Å². The molecule has 3 rings (SSSR count). The number of primary amides is 1. The minimum Gasteiger partial charge on any atom is -0.484 e. The van der Waals surface area contributed by atoms with Gasteiger partial charge in [-0.3, -0.25) is 14.4 Å². The highest BCUT2D eigenvalue weighted by molar-refractivity contribution is 5.95. The van der Waals surface area contributed by atoms with E-state index < -0.39 is 5.91 Å². The number of amides is 3. The van der Waals surface area contributed by atoms with E-state index in [0.717, 1.165) is 24.1 Å². The lowest BCUT2D eigenvalue weighted by atomic mass is 10.1. The number of carbonyl (C=O) groups is 3. The quantitative estimate of drug-likeness (QED) is 0.652. The van der Waals surface area contributed by atoms with Crippen molar-refractivity contribution in [2.45, 2.75) is 25.8 Å². The second kappa shape index (κ2) is 8.56. The Hall–Kier alpha value is -3.35. The van der Waals surface area contributed by atoms with Crippen molar-refractivity contribution in [1.82, 2.24) is 5.32 Å². The van der Waals surface area contributed by atoms with Gasteiger partial charge in [0, 0.05) is 17.2 Å². The van der Waals surface area contributed by atoms with E-state index in [2.05, 4.69) is 10.6 Å².